The third-order valence-corrected chi connectivity index (χ3v) is 4.76. The van der Waals surface area contributed by atoms with E-state index in [1.165, 1.54) is 0 Å². The SMILES string of the molecule is NC(=O)OCC1=NOC(COc2ccccc2-c2ccc(OCc3ccccc3)nc2)C1. The molecular weight excluding hydrogens is 410 g/mol. The summed E-state index contributed by atoms with van der Waals surface area (Å²) >= 11 is 0. The molecule has 1 amide bonds. The van der Waals surface area contributed by atoms with Crippen molar-refractivity contribution in [3.63, 3.8) is 0 Å². The normalized spacial score (nSPS) is 14.9. The largest absolute Gasteiger partial charge is 0.489 e. The monoisotopic (exact) mass is 433 g/mol. The molecule has 1 aromatic heterocycles. The molecule has 1 aliphatic rings. The number of nitrogens with zero attached hydrogens (tertiary/aromatic N) is 2. The highest BCUT2D eigenvalue weighted by Crippen LogP contribution is 2.30. The zero-order chi connectivity index (χ0) is 22.2. The Morgan fingerprint density at radius 2 is 1.81 bits per heavy atom. The van der Waals surface area contributed by atoms with Gasteiger partial charge >= 0.3 is 6.09 Å². The molecule has 2 aromatic carbocycles. The summed E-state index contributed by atoms with van der Waals surface area (Å²) in [6, 6.07) is 21.4. The molecule has 0 spiro atoms. The maximum Gasteiger partial charge on any atom is 0.404 e. The molecule has 4 rings (SSSR count). The summed E-state index contributed by atoms with van der Waals surface area (Å²) < 4.78 is 16.5. The smallest absolute Gasteiger partial charge is 0.404 e. The van der Waals surface area contributed by atoms with E-state index < -0.39 is 6.09 Å². The van der Waals surface area contributed by atoms with Crippen LogP contribution in [0.4, 0.5) is 4.79 Å². The fraction of sp³-hybridized carbons (Fsp3) is 0.208. The molecule has 1 unspecified atom stereocenters. The number of pyridine rings is 1. The first-order chi connectivity index (χ1) is 15.7. The molecule has 0 saturated heterocycles. The highest BCUT2D eigenvalue weighted by atomic mass is 16.7. The van der Waals surface area contributed by atoms with Crippen LogP contribution >= 0.6 is 0 Å². The third kappa shape index (κ3) is 5.75. The Kier molecular flexibility index (Phi) is 6.81. The predicted molar refractivity (Wildman–Crippen MR) is 118 cm³/mol. The van der Waals surface area contributed by atoms with Gasteiger partial charge in [0.1, 0.15) is 25.6 Å². The number of aromatic nitrogens is 1. The molecule has 32 heavy (non-hydrogen) atoms. The number of hydrogen-bond donors (Lipinski definition) is 1. The molecule has 8 heteroatoms. The van der Waals surface area contributed by atoms with Gasteiger partial charge in [-0.25, -0.2) is 9.78 Å². The first-order valence-corrected chi connectivity index (χ1v) is 10.2. The lowest BCUT2D eigenvalue weighted by molar-refractivity contribution is 0.0472. The zero-order valence-electron chi connectivity index (χ0n) is 17.3. The molecule has 164 valence electrons. The Bertz CT molecular complexity index is 1070. The van der Waals surface area contributed by atoms with E-state index in [-0.39, 0.29) is 12.7 Å². The Morgan fingerprint density at radius 3 is 2.59 bits per heavy atom. The van der Waals surface area contributed by atoms with Crippen LogP contribution in [0.1, 0.15) is 12.0 Å². The van der Waals surface area contributed by atoms with Gasteiger partial charge in [-0.15, -0.1) is 0 Å². The quantitative estimate of drug-likeness (QED) is 0.548. The summed E-state index contributed by atoms with van der Waals surface area (Å²) in [6.45, 7) is 0.780. The van der Waals surface area contributed by atoms with Crippen LogP contribution in [0.3, 0.4) is 0 Å². The molecule has 1 atom stereocenters. The lowest BCUT2D eigenvalue weighted by Gasteiger charge is -2.14. The third-order valence-electron chi connectivity index (χ3n) is 4.76. The fourth-order valence-electron chi connectivity index (χ4n) is 3.19. The maximum absolute atomic E-state index is 10.7. The molecule has 0 saturated carbocycles. The minimum atomic E-state index is -0.841. The molecular formula is C24H23N3O5. The predicted octanol–water partition coefficient (Wildman–Crippen LogP) is 3.95. The van der Waals surface area contributed by atoms with Gasteiger partial charge in [0.25, 0.3) is 0 Å². The van der Waals surface area contributed by atoms with Crippen molar-refractivity contribution in [1.82, 2.24) is 4.98 Å². The minimum Gasteiger partial charge on any atom is -0.489 e. The van der Waals surface area contributed by atoms with Crippen molar-refractivity contribution < 1.29 is 23.8 Å². The second-order valence-corrected chi connectivity index (χ2v) is 7.16. The Morgan fingerprint density at radius 1 is 1.00 bits per heavy atom. The molecule has 2 N–H and O–H groups in total. The van der Waals surface area contributed by atoms with Gasteiger partial charge in [-0.05, 0) is 17.7 Å². The second-order valence-electron chi connectivity index (χ2n) is 7.16. The van der Waals surface area contributed by atoms with E-state index in [9.17, 15) is 4.79 Å². The van der Waals surface area contributed by atoms with Crippen molar-refractivity contribution >= 4 is 11.8 Å². The van der Waals surface area contributed by atoms with E-state index in [0.29, 0.717) is 37.0 Å². The average Bonchev–Trinajstić information content (AvgIpc) is 3.29. The number of amides is 1. The topological polar surface area (TPSA) is 105 Å². The standard InChI is InChI=1S/C24H23N3O5/c25-24(28)31-15-19-12-20(32-27-19)16-29-22-9-5-4-8-21(22)18-10-11-23(26-13-18)30-14-17-6-2-1-3-7-17/h1-11,13,20H,12,14-16H2,(H2,25,28). The lowest BCUT2D eigenvalue weighted by atomic mass is 10.1. The van der Waals surface area contributed by atoms with E-state index in [0.717, 1.165) is 16.7 Å². The molecule has 1 aliphatic heterocycles. The number of carbonyl (C=O) groups is 1. The van der Waals surface area contributed by atoms with Crippen LogP contribution < -0.4 is 15.2 Å². The minimum absolute atomic E-state index is 0.0206. The van der Waals surface area contributed by atoms with Gasteiger partial charge in [0, 0.05) is 29.8 Å². The number of carbonyl (C=O) groups excluding carboxylic acids is 1. The summed E-state index contributed by atoms with van der Waals surface area (Å²) in [5.41, 5.74) is 8.48. The first-order valence-electron chi connectivity index (χ1n) is 10.2. The molecule has 0 bridgehead atoms. The van der Waals surface area contributed by atoms with Crippen LogP contribution in [0.5, 0.6) is 11.6 Å². The van der Waals surface area contributed by atoms with Crippen LogP contribution in [0, 0.1) is 0 Å². The summed E-state index contributed by atoms with van der Waals surface area (Å²) in [6.07, 6.45) is 1.16. The van der Waals surface area contributed by atoms with Crippen LogP contribution in [-0.2, 0) is 16.2 Å². The number of oxime groups is 1. The van der Waals surface area contributed by atoms with Gasteiger partial charge in [-0.2, -0.15) is 0 Å². The van der Waals surface area contributed by atoms with Gasteiger partial charge in [0.05, 0.1) is 5.71 Å². The van der Waals surface area contributed by atoms with Gasteiger partial charge in [-0.3, -0.25) is 0 Å². The Hall–Kier alpha value is -4.07. The van der Waals surface area contributed by atoms with Crippen LogP contribution in [0.2, 0.25) is 0 Å². The zero-order valence-corrected chi connectivity index (χ0v) is 17.3. The average molecular weight is 433 g/mol. The Balaban J connectivity index is 1.33. The number of ether oxygens (including phenoxy) is 3. The highest BCUT2D eigenvalue weighted by Gasteiger charge is 2.23. The lowest BCUT2D eigenvalue weighted by Crippen LogP contribution is -2.21. The summed E-state index contributed by atoms with van der Waals surface area (Å²) in [5.74, 6) is 1.26. The number of hydrogen-bond acceptors (Lipinski definition) is 7. The Labute approximate surface area is 185 Å². The van der Waals surface area contributed by atoms with Gasteiger partial charge in [-0.1, -0.05) is 53.7 Å². The molecule has 2 heterocycles. The van der Waals surface area contributed by atoms with Crippen LogP contribution in [0.25, 0.3) is 11.1 Å². The molecule has 0 aliphatic carbocycles. The second kappa shape index (κ2) is 10.3. The number of benzene rings is 2. The van der Waals surface area contributed by atoms with Gasteiger partial charge in [0.2, 0.25) is 5.88 Å². The van der Waals surface area contributed by atoms with Crippen LogP contribution in [0.15, 0.2) is 78.1 Å². The summed E-state index contributed by atoms with van der Waals surface area (Å²) in [5, 5.41) is 3.91. The van der Waals surface area contributed by atoms with E-state index in [2.05, 4.69) is 10.1 Å². The van der Waals surface area contributed by atoms with Gasteiger partial charge in [0.15, 0.2) is 6.10 Å². The summed E-state index contributed by atoms with van der Waals surface area (Å²) in [7, 11) is 0. The van der Waals surface area contributed by atoms with Crippen molar-refractivity contribution in [2.45, 2.75) is 19.1 Å². The van der Waals surface area contributed by atoms with E-state index in [1.807, 2.05) is 66.7 Å². The van der Waals surface area contributed by atoms with Crippen LogP contribution in [-0.4, -0.2) is 36.1 Å². The van der Waals surface area contributed by atoms with Crippen molar-refractivity contribution in [3.05, 3.63) is 78.5 Å². The molecule has 8 nitrogen and oxygen atoms in total. The number of primary amides is 1. The highest BCUT2D eigenvalue weighted by molar-refractivity contribution is 5.88. The molecule has 0 radical (unpaired) electrons. The van der Waals surface area contributed by atoms with Crippen molar-refractivity contribution in [3.8, 4) is 22.8 Å². The molecule has 0 fully saturated rings. The van der Waals surface area contributed by atoms with Crippen molar-refractivity contribution in [2.24, 2.45) is 10.9 Å². The number of para-hydroxylation sites is 1. The van der Waals surface area contributed by atoms with E-state index in [4.69, 9.17) is 24.8 Å². The van der Waals surface area contributed by atoms with E-state index >= 15 is 0 Å². The number of rotatable bonds is 9. The first kappa shape index (κ1) is 21.2. The van der Waals surface area contributed by atoms with E-state index in [1.54, 1.807) is 6.20 Å². The summed E-state index contributed by atoms with van der Waals surface area (Å²) in [4.78, 5) is 20.5. The van der Waals surface area contributed by atoms with Crippen molar-refractivity contribution in [2.75, 3.05) is 13.2 Å². The number of nitrogens with two attached hydrogens (primary N) is 1. The maximum atomic E-state index is 10.7. The van der Waals surface area contributed by atoms with Gasteiger partial charge < -0.3 is 24.8 Å². The fourth-order valence-corrected chi connectivity index (χ4v) is 3.19. The van der Waals surface area contributed by atoms with Crippen molar-refractivity contribution in [1.29, 1.82) is 0 Å². The molecule has 3 aromatic rings.